The quantitative estimate of drug-likeness (QED) is 0.477. The molecule has 0 heterocycles. The van der Waals surface area contributed by atoms with E-state index >= 15 is 0 Å². The number of anilines is 1. The van der Waals surface area contributed by atoms with Crippen LogP contribution in [-0.2, 0) is 11.3 Å². The predicted octanol–water partition coefficient (Wildman–Crippen LogP) is 3.76. The first-order valence-electron chi connectivity index (χ1n) is 9.61. The maximum atomic E-state index is 11.8. The van der Waals surface area contributed by atoms with Crippen molar-refractivity contribution in [2.45, 2.75) is 63.8 Å². The van der Waals surface area contributed by atoms with Crippen molar-refractivity contribution < 1.29 is 4.79 Å². The van der Waals surface area contributed by atoms with Crippen LogP contribution in [0.5, 0.6) is 0 Å². The largest absolute Gasteiger partial charge is 0.357 e. The second-order valence-electron chi connectivity index (χ2n) is 6.71. The van der Waals surface area contributed by atoms with E-state index in [4.69, 9.17) is 4.99 Å². The first-order chi connectivity index (χ1) is 12.6. The second kappa shape index (κ2) is 11.1. The van der Waals surface area contributed by atoms with Crippen molar-refractivity contribution in [3.05, 3.63) is 29.8 Å². The van der Waals surface area contributed by atoms with Gasteiger partial charge < -0.3 is 16.0 Å². The summed E-state index contributed by atoms with van der Waals surface area (Å²) in [6, 6.07) is 8.44. The Hall–Kier alpha value is -1.69. The summed E-state index contributed by atoms with van der Waals surface area (Å²) in [5.74, 6) is 0.937. The third kappa shape index (κ3) is 6.90. The zero-order chi connectivity index (χ0) is 18.8. The standard InChI is InChI=1S/C20H32N4OS/c1-4-7-19(25)23-16-9-6-8-15(12-16)14-22-20(21-5-2)24-17-10-11-18(13-17)26-3/h6,8-9,12,17-18H,4-5,7,10-11,13-14H2,1-3H3,(H,23,25)(H2,21,22,24). The van der Waals surface area contributed by atoms with Crippen LogP contribution in [0.1, 0.15) is 51.5 Å². The van der Waals surface area contributed by atoms with Gasteiger partial charge in [-0.15, -0.1) is 0 Å². The lowest BCUT2D eigenvalue weighted by Gasteiger charge is -2.17. The van der Waals surface area contributed by atoms with Crippen molar-refractivity contribution >= 4 is 29.3 Å². The Morgan fingerprint density at radius 2 is 2.15 bits per heavy atom. The molecule has 1 aliphatic rings. The molecule has 0 saturated heterocycles. The monoisotopic (exact) mass is 376 g/mol. The molecule has 0 aromatic heterocycles. The average Bonchev–Trinajstić information content (AvgIpc) is 3.08. The molecule has 2 unspecified atom stereocenters. The molecule has 6 heteroatoms. The number of hydrogen-bond acceptors (Lipinski definition) is 3. The molecule has 1 aromatic carbocycles. The van der Waals surface area contributed by atoms with Gasteiger partial charge in [0.1, 0.15) is 0 Å². The highest BCUT2D eigenvalue weighted by atomic mass is 32.2. The lowest BCUT2D eigenvalue weighted by Crippen LogP contribution is -2.42. The van der Waals surface area contributed by atoms with Gasteiger partial charge in [0.25, 0.3) is 0 Å². The highest BCUT2D eigenvalue weighted by Gasteiger charge is 2.24. The highest BCUT2D eigenvalue weighted by molar-refractivity contribution is 7.99. The van der Waals surface area contributed by atoms with Gasteiger partial charge in [-0.2, -0.15) is 11.8 Å². The van der Waals surface area contributed by atoms with Gasteiger partial charge in [-0.1, -0.05) is 19.1 Å². The minimum Gasteiger partial charge on any atom is -0.357 e. The van der Waals surface area contributed by atoms with Crippen LogP contribution in [-0.4, -0.2) is 36.0 Å². The van der Waals surface area contributed by atoms with Crippen LogP contribution in [0.3, 0.4) is 0 Å². The van der Waals surface area contributed by atoms with E-state index in [1.807, 2.05) is 43.0 Å². The van der Waals surface area contributed by atoms with Crippen molar-refractivity contribution in [1.29, 1.82) is 0 Å². The fraction of sp³-hybridized carbons (Fsp3) is 0.600. The summed E-state index contributed by atoms with van der Waals surface area (Å²) in [5.41, 5.74) is 1.93. The molecule has 1 fully saturated rings. The van der Waals surface area contributed by atoms with Gasteiger partial charge in [0.2, 0.25) is 5.91 Å². The van der Waals surface area contributed by atoms with Crippen molar-refractivity contribution in [2.24, 2.45) is 4.99 Å². The maximum absolute atomic E-state index is 11.8. The molecule has 1 amide bonds. The van der Waals surface area contributed by atoms with Gasteiger partial charge in [0.15, 0.2) is 5.96 Å². The summed E-state index contributed by atoms with van der Waals surface area (Å²) in [4.78, 5) is 16.5. The average molecular weight is 377 g/mol. The number of carbonyl (C=O) groups excluding carboxylic acids is 1. The van der Waals surface area contributed by atoms with Crippen LogP contribution < -0.4 is 16.0 Å². The van der Waals surface area contributed by atoms with Gasteiger partial charge in [-0.05, 0) is 56.6 Å². The molecule has 1 saturated carbocycles. The Kier molecular flexibility index (Phi) is 8.81. The minimum atomic E-state index is 0.0627. The van der Waals surface area contributed by atoms with Crippen molar-refractivity contribution in [2.75, 3.05) is 18.1 Å². The van der Waals surface area contributed by atoms with Crippen LogP contribution in [0.2, 0.25) is 0 Å². The van der Waals surface area contributed by atoms with Crippen molar-refractivity contribution in [1.82, 2.24) is 10.6 Å². The molecule has 0 radical (unpaired) electrons. The molecule has 3 N–H and O–H groups in total. The number of thioether (sulfide) groups is 1. The number of aliphatic imine (C=N–C) groups is 1. The molecule has 2 rings (SSSR count). The molecule has 0 aliphatic heterocycles. The smallest absolute Gasteiger partial charge is 0.224 e. The number of carbonyl (C=O) groups is 1. The first-order valence-corrected chi connectivity index (χ1v) is 10.9. The molecule has 0 spiro atoms. The lowest BCUT2D eigenvalue weighted by molar-refractivity contribution is -0.116. The number of guanidine groups is 1. The van der Waals surface area contributed by atoms with Crippen molar-refractivity contribution in [3.63, 3.8) is 0 Å². The third-order valence-electron chi connectivity index (χ3n) is 4.51. The van der Waals surface area contributed by atoms with Crippen LogP contribution >= 0.6 is 11.8 Å². The van der Waals surface area contributed by atoms with E-state index in [2.05, 4.69) is 29.1 Å². The Morgan fingerprint density at radius 3 is 2.85 bits per heavy atom. The van der Waals surface area contributed by atoms with E-state index in [1.165, 1.54) is 19.3 Å². The summed E-state index contributed by atoms with van der Waals surface area (Å²) in [6.45, 7) is 5.52. The van der Waals surface area contributed by atoms with E-state index in [0.717, 1.165) is 35.4 Å². The minimum absolute atomic E-state index is 0.0627. The van der Waals surface area contributed by atoms with E-state index in [0.29, 0.717) is 19.0 Å². The number of hydrogen-bond donors (Lipinski definition) is 3. The van der Waals surface area contributed by atoms with Gasteiger partial charge >= 0.3 is 0 Å². The van der Waals surface area contributed by atoms with E-state index in [9.17, 15) is 4.79 Å². The van der Waals surface area contributed by atoms with Gasteiger partial charge in [0.05, 0.1) is 6.54 Å². The Balaban J connectivity index is 1.94. The van der Waals surface area contributed by atoms with Crippen LogP contribution in [0.25, 0.3) is 0 Å². The molecule has 0 bridgehead atoms. The molecule has 144 valence electrons. The molecule has 2 atom stereocenters. The fourth-order valence-electron chi connectivity index (χ4n) is 3.17. The number of nitrogens with one attached hydrogen (secondary N) is 3. The zero-order valence-electron chi connectivity index (χ0n) is 16.2. The topological polar surface area (TPSA) is 65.5 Å². The third-order valence-corrected chi connectivity index (χ3v) is 5.61. The number of benzene rings is 1. The Bertz CT molecular complexity index is 605. The fourth-order valence-corrected chi connectivity index (χ4v) is 3.96. The number of rotatable bonds is 8. The van der Waals surface area contributed by atoms with E-state index in [1.54, 1.807) is 0 Å². The predicted molar refractivity (Wildman–Crippen MR) is 113 cm³/mol. The molecular weight excluding hydrogens is 344 g/mol. The molecule has 1 aliphatic carbocycles. The van der Waals surface area contributed by atoms with Crippen LogP contribution in [0, 0.1) is 0 Å². The van der Waals surface area contributed by atoms with E-state index in [-0.39, 0.29) is 5.91 Å². The molecule has 26 heavy (non-hydrogen) atoms. The summed E-state index contributed by atoms with van der Waals surface area (Å²) in [5, 5.41) is 10.6. The highest BCUT2D eigenvalue weighted by Crippen LogP contribution is 2.28. The lowest BCUT2D eigenvalue weighted by atomic mass is 10.2. The molecule has 1 aromatic rings. The number of amides is 1. The SMILES string of the molecule is CCCC(=O)Nc1cccc(CN=C(NCC)NC2CCC(SC)C2)c1. The number of nitrogens with zero attached hydrogens (tertiary/aromatic N) is 1. The first kappa shape index (κ1) is 20.6. The summed E-state index contributed by atoms with van der Waals surface area (Å²) < 4.78 is 0. The summed E-state index contributed by atoms with van der Waals surface area (Å²) in [7, 11) is 0. The zero-order valence-corrected chi connectivity index (χ0v) is 17.0. The Labute approximate surface area is 161 Å². The van der Waals surface area contributed by atoms with Gasteiger partial charge in [0, 0.05) is 29.9 Å². The second-order valence-corrected chi connectivity index (χ2v) is 7.84. The molecular formula is C20H32N4OS. The maximum Gasteiger partial charge on any atom is 0.224 e. The van der Waals surface area contributed by atoms with Crippen LogP contribution in [0.15, 0.2) is 29.3 Å². The van der Waals surface area contributed by atoms with Gasteiger partial charge in [-0.3, -0.25) is 4.79 Å². The molecule has 5 nitrogen and oxygen atoms in total. The summed E-state index contributed by atoms with van der Waals surface area (Å²) in [6.07, 6.45) is 7.27. The Morgan fingerprint density at radius 1 is 1.31 bits per heavy atom. The van der Waals surface area contributed by atoms with Crippen LogP contribution in [0.4, 0.5) is 5.69 Å². The van der Waals surface area contributed by atoms with E-state index < -0.39 is 0 Å². The summed E-state index contributed by atoms with van der Waals surface area (Å²) >= 11 is 1.96. The van der Waals surface area contributed by atoms with Gasteiger partial charge in [-0.25, -0.2) is 4.99 Å². The normalized spacial score (nSPS) is 20.0. The van der Waals surface area contributed by atoms with Crippen molar-refractivity contribution in [3.8, 4) is 0 Å².